The zero-order valence-corrected chi connectivity index (χ0v) is 15.0. The minimum absolute atomic E-state index is 0.243. The first-order valence-electron chi connectivity index (χ1n) is 8.80. The lowest BCUT2D eigenvalue weighted by molar-refractivity contribution is 0.0510. The summed E-state index contributed by atoms with van der Waals surface area (Å²) in [6.07, 6.45) is 5.13. The molecule has 2 fully saturated rings. The minimum atomic E-state index is 0.243. The van der Waals surface area contributed by atoms with Crippen molar-refractivity contribution in [3.63, 3.8) is 0 Å². The van der Waals surface area contributed by atoms with E-state index in [1.165, 1.54) is 25.7 Å². The zero-order chi connectivity index (χ0) is 17.0. The molecule has 0 aromatic carbocycles. The highest BCUT2D eigenvalue weighted by molar-refractivity contribution is 5.40. The van der Waals surface area contributed by atoms with Crippen LogP contribution in [0.4, 0.5) is 5.82 Å². The summed E-state index contributed by atoms with van der Waals surface area (Å²) >= 11 is 0. The first kappa shape index (κ1) is 17.2. The van der Waals surface area contributed by atoms with Gasteiger partial charge < -0.3 is 19.7 Å². The topological polar surface area (TPSA) is 62.8 Å². The molecule has 0 atom stereocenters. The first-order chi connectivity index (χ1) is 11.6. The van der Waals surface area contributed by atoms with Crippen LogP contribution in [0.25, 0.3) is 0 Å². The lowest BCUT2D eigenvalue weighted by Crippen LogP contribution is -2.58. The number of piperazine rings is 1. The third-order valence-corrected chi connectivity index (χ3v) is 5.38. The molecule has 3 rings (SSSR count). The number of aromatic nitrogens is 2. The third-order valence-electron chi connectivity index (χ3n) is 5.38. The normalized spacial score (nSPS) is 21.6. The molecule has 7 heteroatoms. The van der Waals surface area contributed by atoms with E-state index in [0.717, 1.165) is 38.5 Å². The van der Waals surface area contributed by atoms with E-state index in [9.17, 15) is 0 Å². The second kappa shape index (κ2) is 7.53. The maximum Gasteiger partial charge on any atom is 0.321 e. The van der Waals surface area contributed by atoms with Gasteiger partial charge in [-0.2, -0.15) is 9.97 Å². The van der Waals surface area contributed by atoms with Crippen molar-refractivity contribution in [3.8, 4) is 11.9 Å². The summed E-state index contributed by atoms with van der Waals surface area (Å²) in [6.45, 7) is 5.50. The highest BCUT2D eigenvalue weighted by Crippen LogP contribution is 2.36. The predicted molar refractivity (Wildman–Crippen MR) is 93.9 cm³/mol. The van der Waals surface area contributed by atoms with E-state index in [-0.39, 0.29) is 5.54 Å². The van der Waals surface area contributed by atoms with Crippen LogP contribution >= 0.6 is 0 Å². The maximum atomic E-state index is 5.24. The number of nitrogens with zero attached hydrogens (tertiary/aromatic N) is 4. The third kappa shape index (κ3) is 3.72. The lowest BCUT2D eigenvalue weighted by atomic mass is 9.93. The number of nitrogens with one attached hydrogen (secondary N) is 1. The molecule has 1 aromatic heterocycles. The van der Waals surface area contributed by atoms with Gasteiger partial charge in [-0.25, -0.2) is 0 Å². The standard InChI is InChI=1S/C17H29N5O2/c1-21-8-10-22(11-9-21)17(6-4-5-7-17)13-18-14-12-15(23-2)20-16(19-14)24-3/h12H,4-11,13H2,1-3H3,(H,18,19,20). The van der Waals surface area contributed by atoms with Crippen LogP contribution in [0.15, 0.2) is 6.07 Å². The summed E-state index contributed by atoms with van der Waals surface area (Å²) in [5.74, 6) is 1.28. The van der Waals surface area contributed by atoms with E-state index in [1.807, 2.05) is 6.07 Å². The molecule has 1 aromatic rings. The molecule has 2 aliphatic rings. The molecule has 24 heavy (non-hydrogen) atoms. The Bertz CT molecular complexity index is 518. The van der Waals surface area contributed by atoms with Gasteiger partial charge in [0.2, 0.25) is 5.88 Å². The quantitative estimate of drug-likeness (QED) is 0.844. The SMILES string of the molecule is COc1cc(NCC2(N3CCN(C)CC3)CCCC2)nc(OC)n1. The fourth-order valence-electron chi connectivity index (χ4n) is 3.86. The van der Waals surface area contributed by atoms with Gasteiger partial charge in [-0.15, -0.1) is 0 Å². The number of hydrogen-bond donors (Lipinski definition) is 1. The summed E-state index contributed by atoms with van der Waals surface area (Å²) in [7, 11) is 5.38. The summed E-state index contributed by atoms with van der Waals surface area (Å²) in [4.78, 5) is 13.6. The van der Waals surface area contributed by atoms with Crippen LogP contribution in [0.3, 0.4) is 0 Å². The van der Waals surface area contributed by atoms with Crippen molar-refractivity contribution >= 4 is 5.82 Å². The van der Waals surface area contributed by atoms with Crippen molar-refractivity contribution < 1.29 is 9.47 Å². The van der Waals surface area contributed by atoms with Crippen LogP contribution in [0, 0.1) is 0 Å². The van der Waals surface area contributed by atoms with Gasteiger partial charge >= 0.3 is 6.01 Å². The molecular weight excluding hydrogens is 306 g/mol. The average Bonchev–Trinajstić information content (AvgIpc) is 3.10. The fraction of sp³-hybridized carbons (Fsp3) is 0.765. The van der Waals surface area contributed by atoms with Gasteiger partial charge in [-0.3, -0.25) is 4.90 Å². The number of hydrogen-bond acceptors (Lipinski definition) is 7. The maximum absolute atomic E-state index is 5.24. The molecule has 1 aliphatic heterocycles. The van der Waals surface area contributed by atoms with Gasteiger partial charge in [0.15, 0.2) is 0 Å². The molecule has 1 aliphatic carbocycles. The van der Waals surface area contributed by atoms with Gasteiger partial charge in [-0.1, -0.05) is 12.8 Å². The van der Waals surface area contributed by atoms with Crippen LogP contribution in [-0.2, 0) is 0 Å². The number of likely N-dealkylation sites (N-methyl/N-ethyl adjacent to an activating group) is 1. The Morgan fingerprint density at radius 3 is 2.42 bits per heavy atom. The van der Waals surface area contributed by atoms with Crippen molar-refractivity contribution in [2.24, 2.45) is 0 Å². The lowest BCUT2D eigenvalue weighted by Gasteiger charge is -2.45. The van der Waals surface area contributed by atoms with Gasteiger partial charge in [0, 0.05) is 44.3 Å². The van der Waals surface area contributed by atoms with E-state index in [1.54, 1.807) is 14.2 Å². The summed E-state index contributed by atoms with van der Waals surface area (Å²) < 4.78 is 10.4. The summed E-state index contributed by atoms with van der Waals surface area (Å²) in [5.41, 5.74) is 0.243. The molecule has 1 saturated carbocycles. The Labute approximate surface area is 144 Å². The Morgan fingerprint density at radius 2 is 1.79 bits per heavy atom. The van der Waals surface area contributed by atoms with Crippen molar-refractivity contribution in [1.29, 1.82) is 0 Å². The monoisotopic (exact) mass is 335 g/mol. The number of ether oxygens (including phenoxy) is 2. The van der Waals surface area contributed by atoms with Crippen LogP contribution in [0.5, 0.6) is 11.9 Å². The molecule has 1 N–H and O–H groups in total. The van der Waals surface area contributed by atoms with Crippen LogP contribution < -0.4 is 14.8 Å². The molecule has 7 nitrogen and oxygen atoms in total. The van der Waals surface area contributed by atoms with Crippen molar-refractivity contribution in [3.05, 3.63) is 6.07 Å². The number of methoxy groups -OCH3 is 2. The zero-order valence-electron chi connectivity index (χ0n) is 15.0. The fourth-order valence-corrected chi connectivity index (χ4v) is 3.86. The van der Waals surface area contributed by atoms with Gasteiger partial charge in [0.25, 0.3) is 0 Å². The predicted octanol–water partition coefficient (Wildman–Crippen LogP) is 1.47. The van der Waals surface area contributed by atoms with Gasteiger partial charge in [-0.05, 0) is 19.9 Å². The molecule has 0 spiro atoms. The van der Waals surface area contributed by atoms with E-state index in [4.69, 9.17) is 9.47 Å². The van der Waals surface area contributed by atoms with Crippen molar-refractivity contribution in [1.82, 2.24) is 19.8 Å². The smallest absolute Gasteiger partial charge is 0.321 e. The Morgan fingerprint density at radius 1 is 1.08 bits per heavy atom. The van der Waals surface area contributed by atoms with E-state index in [0.29, 0.717) is 11.9 Å². The highest BCUT2D eigenvalue weighted by Gasteiger charge is 2.40. The van der Waals surface area contributed by atoms with Gasteiger partial charge in [0.05, 0.1) is 14.2 Å². The molecule has 0 unspecified atom stereocenters. The minimum Gasteiger partial charge on any atom is -0.481 e. The Hall–Kier alpha value is -1.60. The van der Waals surface area contributed by atoms with Gasteiger partial charge in [0.1, 0.15) is 5.82 Å². The van der Waals surface area contributed by atoms with Crippen LogP contribution in [0.2, 0.25) is 0 Å². The van der Waals surface area contributed by atoms with E-state index in [2.05, 4.69) is 32.1 Å². The highest BCUT2D eigenvalue weighted by atomic mass is 16.5. The summed E-state index contributed by atoms with van der Waals surface area (Å²) in [5, 5.41) is 3.52. The molecule has 0 radical (unpaired) electrons. The van der Waals surface area contributed by atoms with Crippen molar-refractivity contribution in [2.45, 2.75) is 31.2 Å². The van der Waals surface area contributed by atoms with Crippen LogP contribution in [-0.4, -0.2) is 79.3 Å². The second-order valence-electron chi connectivity index (χ2n) is 6.86. The van der Waals surface area contributed by atoms with E-state index < -0.39 is 0 Å². The molecule has 134 valence electrons. The number of anilines is 1. The molecule has 0 bridgehead atoms. The Balaban J connectivity index is 1.70. The molecular formula is C17H29N5O2. The first-order valence-corrected chi connectivity index (χ1v) is 8.80. The molecule has 1 saturated heterocycles. The average molecular weight is 335 g/mol. The summed E-state index contributed by atoms with van der Waals surface area (Å²) in [6, 6.07) is 2.16. The molecule has 2 heterocycles. The largest absolute Gasteiger partial charge is 0.481 e. The van der Waals surface area contributed by atoms with E-state index >= 15 is 0 Å². The van der Waals surface area contributed by atoms with Crippen molar-refractivity contribution in [2.75, 3.05) is 59.3 Å². The Kier molecular flexibility index (Phi) is 5.40. The molecule has 0 amide bonds. The number of rotatable bonds is 6. The second-order valence-corrected chi connectivity index (χ2v) is 6.86. The van der Waals surface area contributed by atoms with Crippen LogP contribution in [0.1, 0.15) is 25.7 Å².